The van der Waals surface area contributed by atoms with Crippen molar-refractivity contribution in [2.45, 2.75) is 45.2 Å². The van der Waals surface area contributed by atoms with Gasteiger partial charge in [0.1, 0.15) is 0 Å². The first kappa shape index (κ1) is 22.0. The number of alkyl halides is 3. The highest BCUT2D eigenvalue weighted by Crippen LogP contribution is 2.18. The number of carbonyl (C=O) groups excluding carboxylic acids is 1. The molecular weight excluding hydrogens is 373 g/mol. The second-order valence-electron chi connectivity index (χ2n) is 6.88. The molecule has 0 aromatic heterocycles. The Morgan fingerprint density at radius 2 is 1.79 bits per heavy atom. The van der Waals surface area contributed by atoms with Crippen LogP contribution in [-0.2, 0) is 11.3 Å². The summed E-state index contributed by atoms with van der Waals surface area (Å²) in [5.41, 5.74) is 1.48. The molecule has 0 bridgehead atoms. The van der Waals surface area contributed by atoms with Crippen molar-refractivity contribution >= 4 is 11.9 Å². The minimum atomic E-state index is -4.20. The molecule has 0 saturated carbocycles. The molecule has 1 fully saturated rings. The summed E-state index contributed by atoms with van der Waals surface area (Å²) < 4.78 is 42.3. The van der Waals surface area contributed by atoms with Crippen LogP contribution in [0.15, 0.2) is 29.3 Å². The molecule has 0 radical (unpaired) electrons. The van der Waals surface area contributed by atoms with Gasteiger partial charge in [0.15, 0.2) is 5.96 Å². The highest BCUT2D eigenvalue weighted by atomic mass is 19.4. The summed E-state index contributed by atoms with van der Waals surface area (Å²) in [7, 11) is 1.50. The Labute approximate surface area is 163 Å². The van der Waals surface area contributed by atoms with Crippen molar-refractivity contribution in [3.8, 4) is 0 Å². The molecule has 1 aliphatic heterocycles. The summed E-state index contributed by atoms with van der Waals surface area (Å²) >= 11 is 0. The van der Waals surface area contributed by atoms with E-state index in [-0.39, 0.29) is 24.7 Å². The fraction of sp³-hybridized carbons (Fsp3) is 0.579. The number of ether oxygens (including phenoxy) is 1. The zero-order valence-electron chi connectivity index (χ0n) is 16.3. The fourth-order valence-corrected chi connectivity index (χ4v) is 3.02. The van der Waals surface area contributed by atoms with Gasteiger partial charge in [-0.05, 0) is 31.5 Å². The van der Waals surface area contributed by atoms with Crippen molar-refractivity contribution in [1.82, 2.24) is 15.5 Å². The zero-order valence-corrected chi connectivity index (χ0v) is 16.3. The molecule has 2 N–H and O–H groups in total. The van der Waals surface area contributed by atoms with Crippen LogP contribution in [0.4, 0.5) is 13.2 Å². The lowest BCUT2D eigenvalue weighted by Gasteiger charge is -2.35. The maximum atomic E-state index is 12.6. The second-order valence-corrected chi connectivity index (χ2v) is 6.88. The predicted octanol–water partition coefficient (Wildman–Crippen LogP) is 2.55. The molecule has 1 aromatic carbocycles. The Morgan fingerprint density at radius 3 is 2.32 bits per heavy atom. The summed E-state index contributed by atoms with van der Waals surface area (Å²) in [5, 5.41) is 5.58. The lowest BCUT2D eigenvalue weighted by molar-refractivity contribution is -0.132. The smallest absolute Gasteiger partial charge is 0.372 e. The van der Waals surface area contributed by atoms with Gasteiger partial charge in [-0.15, -0.1) is 0 Å². The SMILES string of the molecule is CN=C(NCCC(F)(F)F)NCc1ccc(C(=O)N2CC(C)OC(C)C2)cc1. The molecule has 6 nitrogen and oxygen atoms in total. The monoisotopic (exact) mass is 400 g/mol. The Kier molecular flexibility index (Phi) is 7.68. The van der Waals surface area contributed by atoms with Gasteiger partial charge in [0.25, 0.3) is 5.91 Å². The third-order valence-electron chi connectivity index (χ3n) is 4.29. The van der Waals surface area contributed by atoms with Gasteiger partial charge in [0, 0.05) is 38.8 Å². The lowest BCUT2D eigenvalue weighted by atomic mass is 10.1. The first-order valence-corrected chi connectivity index (χ1v) is 9.23. The minimum Gasteiger partial charge on any atom is -0.372 e. The van der Waals surface area contributed by atoms with Crippen molar-refractivity contribution in [2.24, 2.45) is 4.99 Å². The van der Waals surface area contributed by atoms with Crippen LogP contribution in [0.5, 0.6) is 0 Å². The second kappa shape index (κ2) is 9.77. The van der Waals surface area contributed by atoms with Crippen LogP contribution in [0, 0.1) is 0 Å². The highest BCUT2D eigenvalue weighted by molar-refractivity contribution is 5.94. The minimum absolute atomic E-state index is 0.00720. The standard InChI is InChI=1S/C19H27F3N4O2/c1-13-11-26(12-14(2)28-13)17(27)16-6-4-15(5-7-16)10-25-18(23-3)24-9-8-19(20,21)22/h4-7,13-14H,8-12H2,1-3H3,(H2,23,24,25). The van der Waals surface area contributed by atoms with Gasteiger partial charge >= 0.3 is 6.18 Å². The van der Waals surface area contributed by atoms with Crippen molar-refractivity contribution in [3.63, 3.8) is 0 Å². The van der Waals surface area contributed by atoms with Crippen molar-refractivity contribution in [2.75, 3.05) is 26.7 Å². The van der Waals surface area contributed by atoms with Gasteiger partial charge in [0.05, 0.1) is 18.6 Å². The van der Waals surface area contributed by atoms with E-state index in [1.54, 1.807) is 17.0 Å². The predicted molar refractivity (Wildman–Crippen MR) is 101 cm³/mol. The maximum absolute atomic E-state index is 12.6. The number of morpholine rings is 1. The van der Waals surface area contributed by atoms with E-state index >= 15 is 0 Å². The molecule has 1 heterocycles. The number of carbonyl (C=O) groups is 1. The average molecular weight is 400 g/mol. The van der Waals surface area contributed by atoms with Crippen molar-refractivity contribution in [1.29, 1.82) is 0 Å². The molecule has 2 rings (SSSR count). The lowest BCUT2D eigenvalue weighted by Crippen LogP contribution is -2.48. The van der Waals surface area contributed by atoms with E-state index in [1.807, 2.05) is 26.0 Å². The molecule has 156 valence electrons. The van der Waals surface area contributed by atoms with Crippen LogP contribution in [0.1, 0.15) is 36.2 Å². The van der Waals surface area contributed by atoms with E-state index in [0.29, 0.717) is 31.2 Å². The number of aliphatic imine (C=N–C) groups is 1. The molecule has 0 spiro atoms. The van der Waals surface area contributed by atoms with Crippen molar-refractivity contribution < 1.29 is 22.7 Å². The van der Waals surface area contributed by atoms with Gasteiger partial charge in [-0.2, -0.15) is 13.2 Å². The summed E-state index contributed by atoms with van der Waals surface area (Å²) in [6.07, 6.45) is -5.12. The Morgan fingerprint density at radius 1 is 1.18 bits per heavy atom. The molecule has 1 amide bonds. The number of nitrogens with one attached hydrogen (secondary N) is 2. The Balaban J connectivity index is 1.85. The quantitative estimate of drug-likeness (QED) is 0.589. The molecule has 28 heavy (non-hydrogen) atoms. The van der Waals surface area contributed by atoms with Crippen LogP contribution in [-0.4, -0.2) is 61.8 Å². The van der Waals surface area contributed by atoms with E-state index in [2.05, 4.69) is 15.6 Å². The molecule has 2 atom stereocenters. The molecule has 1 aliphatic rings. The number of amides is 1. The van der Waals surface area contributed by atoms with Gasteiger partial charge in [-0.3, -0.25) is 9.79 Å². The van der Waals surface area contributed by atoms with Crippen LogP contribution < -0.4 is 10.6 Å². The van der Waals surface area contributed by atoms with E-state index in [0.717, 1.165) is 5.56 Å². The van der Waals surface area contributed by atoms with E-state index < -0.39 is 12.6 Å². The van der Waals surface area contributed by atoms with Crippen LogP contribution in [0.2, 0.25) is 0 Å². The largest absolute Gasteiger partial charge is 0.390 e. The summed E-state index contributed by atoms with van der Waals surface area (Å²) in [6, 6.07) is 7.14. The number of halogens is 3. The third kappa shape index (κ3) is 7.03. The number of benzene rings is 1. The molecule has 2 unspecified atom stereocenters. The molecule has 9 heteroatoms. The van der Waals surface area contributed by atoms with E-state index in [4.69, 9.17) is 4.74 Å². The van der Waals surface area contributed by atoms with Gasteiger partial charge in [-0.1, -0.05) is 12.1 Å². The zero-order chi connectivity index (χ0) is 20.7. The molecule has 0 aliphatic carbocycles. The van der Waals surface area contributed by atoms with Crippen LogP contribution in [0.25, 0.3) is 0 Å². The first-order valence-electron chi connectivity index (χ1n) is 9.23. The number of guanidine groups is 1. The van der Waals surface area contributed by atoms with Gasteiger partial charge < -0.3 is 20.3 Å². The third-order valence-corrected chi connectivity index (χ3v) is 4.29. The number of nitrogens with zero attached hydrogens (tertiary/aromatic N) is 2. The molecular formula is C19H27F3N4O2. The Bertz CT molecular complexity index is 667. The molecule has 1 aromatic rings. The average Bonchev–Trinajstić information content (AvgIpc) is 2.62. The van der Waals surface area contributed by atoms with Crippen LogP contribution >= 0.6 is 0 Å². The van der Waals surface area contributed by atoms with Crippen LogP contribution in [0.3, 0.4) is 0 Å². The summed E-state index contributed by atoms with van der Waals surface area (Å²) in [6.45, 7) is 5.15. The topological polar surface area (TPSA) is 66.0 Å². The molecule has 1 saturated heterocycles. The highest BCUT2D eigenvalue weighted by Gasteiger charge is 2.27. The Hall–Kier alpha value is -2.29. The van der Waals surface area contributed by atoms with Gasteiger partial charge in [0.2, 0.25) is 0 Å². The van der Waals surface area contributed by atoms with E-state index in [9.17, 15) is 18.0 Å². The summed E-state index contributed by atoms with van der Waals surface area (Å²) in [5.74, 6) is 0.256. The first-order chi connectivity index (χ1) is 13.2. The van der Waals surface area contributed by atoms with Gasteiger partial charge in [-0.25, -0.2) is 0 Å². The maximum Gasteiger partial charge on any atom is 0.390 e. The fourth-order valence-electron chi connectivity index (χ4n) is 3.02. The number of rotatable bonds is 5. The van der Waals surface area contributed by atoms with Crippen molar-refractivity contribution in [3.05, 3.63) is 35.4 Å². The summed E-state index contributed by atoms with van der Waals surface area (Å²) in [4.78, 5) is 18.3. The number of hydrogen-bond donors (Lipinski definition) is 2. The number of hydrogen-bond acceptors (Lipinski definition) is 3. The normalized spacial score (nSPS) is 20.8. The van der Waals surface area contributed by atoms with E-state index in [1.165, 1.54) is 7.05 Å².